The first-order valence-electron chi connectivity index (χ1n) is 8.79. The van der Waals surface area contributed by atoms with Gasteiger partial charge in [-0.25, -0.2) is 4.98 Å². The maximum absolute atomic E-state index is 13.7. The van der Waals surface area contributed by atoms with Gasteiger partial charge in [0.05, 0.1) is 28.5 Å². The topological polar surface area (TPSA) is 73.6 Å². The van der Waals surface area contributed by atoms with E-state index in [4.69, 9.17) is 11.6 Å². The van der Waals surface area contributed by atoms with Gasteiger partial charge in [0.2, 0.25) is 0 Å². The van der Waals surface area contributed by atoms with Crippen molar-refractivity contribution in [2.45, 2.75) is 19.0 Å². The highest BCUT2D eigenvalue weighted by molar-refractivity contribution is 6.32. The van der Waals surface area contributed by atoms with Crippen molar-refractivity contribution in [1.82, 2.24) is 25.0 Å². The van der Waals surface area contributed by atoms with Crippen LogP contribution in [0.15, 0.2) is 55.1 Å². The van der Waals surface area contributed by atoms with Gasteiger partial charge in [-0.3, -0.25) is 9.78 Å². The number of pyridine rings is 2. The lowest BCUT2D eigenvalue weighted by Gasteiger charge is -2.15. The van der Waals surface area contributed by atoms with Gasteiger partial charge in [-0.1, -0.05) is 29.8 Å². The molecule has 0 atom stereocenters. The highest BCUT2D eigenvalue weighted by atomic mass is 35.5. The summed E-state index contributed by atoms with van der Waals surface area (Å²) < 4.78 is 41.1. The molecule has 0 bridgehead atoms. The fraction of sp³-hybridized carbons (Fsp3) is 0.150. The van der Waals surface area contributed by atoms with Crippen LogP contribution < -0.4 is 0 Å². The van der Waals surface area contributed by atoms with E-state index in [9.17, 15) is 18.0 Å². The summed E-state index contributed by atoms with van der Waals surface area (Å²) in [6.45, 7) is 0. The van der Waals surface area contributed by atoms with E-state index < -0.39 is 23.9 Å². The molecule has 0 amide bonds. The molecule has 30 heavy (non-hydrogen) atoms. The summed E-state index contributed by atoms with van der Waals surface area (Å²) in [4.78, 5) is 22.0. The third-order valence-corrected chi connectivity index (χ3v) is 4.69. The second-order valence-corrected chi connectivity index (χ2v) is 6.94. The number of alkyl halides is 3. The quantitative estimate of drug-likeness (QED) is 0.472. The molecule has 1 aromatic carbocycles. The molecule has 10 heteroatoms. The van der Waals surface area contributed by atoms with E-state index in [0.717, 1.165) is 6.20 Å². The molecule has 0 unspecified atom stereocenters. The number of aromatic nitrogens is 5. The average Bonchev–Trinajstić information content (AvgIpc) is 3.21. The van der Waals surface area contributed by atoms with Crippen LogP contribution in [0.1, 0.15) is 16.7 Å². The highest BCUT2D eigenvalue weighted by Crippen LogP contribution is 2.37. The molecule has 0 fully saturated rings. The Kier molecular flexibility index (Phi) is 5.21. The molecular formula is C20H13ClF3N5O. The van der Waals surface area contributed by atoms with Gasteiger partial charge in [0.1, 0.15) is 5.78 Å². The van der Waals surface area contributed by atoms with Crippen LogP contribution in [0, 0.1) is 0 Å². The van der Waals surface area contributed by atoms with Gasteiger partial charge >= 0.3 is 6.18 Å². The number of carbonyl (C=O) groups excluding carboxylic acids is 1. The molecule has 4 aromatic rings. The van der Waals surface area contributed by atoms with E-state index in [1.54, 1.807) is 6.07 Å². The van der Waals surface area contributed by atoms with Crippen molar-refractivity contribution in [3.63, 3.8) is 0 Å². The number of rotatable bonds is 5. The molecule has 0 N–H and O–H groups in total. The van der Waals surface area contributed by atoms with E-state index in [-0.39, 0.29) is 33.7 Å². The molecule has 0 saturated heterocycles. The van der Waals surface area contributed by atoms with Gasteiger partial charge in [-0.15, -0.1) is 4.80 Å². The van der Waals surface area contributed by atoms with Gasteiger partial charge in [0, 0.05) is 30.6 Å². The summed E-state index contributed by atoms with van der Waals surface area (Å²) in [5, 5.41) is 8.05. The number of ketones is 1. The monoisotopic (exact) mass is 431 g/mol. The van der Waals surface area contributed by atoms with Crippen LogP contribution in [0.3, 0.4) is 0 Å². The third-order valence-electron chi connectivity index (χ3n) is 4.41. The molecule has 0 saturated carbocycles. The van der Waals surface area contributed by atoms with Crippen molar-refractivity contribution < 1.29 is 18.0 Å². The maximum atomic E-state index is 13.7. The van der Waals surface area contributed by atoms with Crippen molar-refractivity contribution in [3.05, 3.63) is 76.8 Å². The summed E-state index contributed by atoms with van der Waals surface area (Å²) in [5.74, 6) is -0.128. The standard InChI is InChI=1S/C20H13ClF3N5O/c21-16-8-12(10-26-19(16)29-27-5-6-28-29)7-14(30)9-13-11-25-17-4-2-1-3-15(17)18(13)20(22,23)24/h1-6,8,10-11H,7,9H2. The first-order chi connectivity index (χ1) is 14.3. The van der Waals surface area contributed by atoms with Gasteiger partial charge in [0.15, 0.2) is 5.82 Å². The first-order valence-corrected chi connectivity index (χ1v) is 9.17. The number of hydrogen-bond donors (Lipinski definition) is 0. The average molecular weight is 432 g/mol. The van der Waals surface area contributed by atoms with E-state index in [2.05, 4.69) is 20.2 Å². The van der Waals surface area contributed by atoms with Gasteiger partial charge in [-0.05, 0) is 23.3 Å². The SMILES string of the molecule is O=C(Cc1cnc(-n2nccn2)c(Cl)c1)Cc1cnc2ccccc2c1C(F)(F)F. The molecule has 3 heterocycles. The molecule has 6 nitrogen and oxygen atoms in total. The Balaban J connectivity index is 1.59. The van der Waals surface area contributed by atoms with Gasteiger partial charge in [-0.2, -0.15) is 23.4 Å². The molecule has 0 aliphatic rings. The fourth-order valence-corrected chi connectivity index (χ4v) is 3.46. The number of Topliss-reactive ketones (excluding diaryl/α,β-unsaturated/α-hetero) is 1. The summed E-state index contributed by atoms with van der Waals surface area (Å²) >= 11 is 6.18. The zero-order valence-corrected chi connectivity index (χ0v) is 16.0. The largest absolute Gasteiger partial charge is 0.417 e. The van der Waals surface area contributed by atoms with E-state index in [0.29, 0.717) is 5.56 Å². The smallest absolute Gasteiger partial charge is 0.299 e. The Morgan fingerprint density at radius 1 is 1.03 bits per heavy atom. The Bertz CT molecular complexity index is 1230. The number of benzene rings is 1. The number of fused-ring (bicyclic) bond motifs is 1. The molecule has 3 aromatic heterocycles. The molecule has 152 valence electrons. The minimum Gasteiger partial charge on any atom is -0.299 e. The van der Waals surface area contributed by atoms with Crippen molar-refractivity contribution in [1.29, 1.82) is 0 Å². The molecule has 0 radical (unpaired) electrons. The van der Waals surface area contributed by atoms with Gasteiger partial charge < -0.3 is 0 Å². The van der Waals surface area contributed by atoms with Crippen LogP contribution in [0.2, 0.25) is 5.02 Å². The molecular weight excluding hydrogens is 419 g/mol. The van der Waals surface area contributed by atoms with Crippen molar-refractivity contribution in [2.24, 2.45) is 0 Å². The summed E-state index contributed by atoms with van der Waals surface area (Å²) in [5.41, 5.74) is -0.302. The van der Waals surface area contributed by atoms with Crippen LogP contribution in [0.25, 0.3) is 16.7 Å². The predicted octanol–water partition coefficient (Wildman–Crippen LogP) is 4.24. The minimum absolute atomic E-state index is 0.0314. The zero-order valence-electron chi connectivity index (χ0n) is 15.3. The number of hydrogen-bond acceptors (Lipinski definition) is 5. The minimum atomic E-state index is -4.61. The molecule has 4 rings (SSSR count). The lowest BCUT2D eigenvalue weighted by molar-refractivity contribution is -0.137. The van der Waals surface area contributed by atoms with E-state index >= 15 is 0 Å². The second kappa shape index (κ2) is 7.83. The van der Waals surface area contributed by atoms with Crippen molar-refractivity contribution in [3.8, 4) is 5.82 Å². The number of para-hydroxylation sites is 1. The lowest BCUT2D eigenvalue weighted by atomic mass is 9.97. The normalized spacial score (nSPS) is 11.7. The number of carbonyl (C=O) groups is 1. The second-order valence-electron chi connectivity index (χ2n) is 6.53. The lowest BCUT2D eigenvalue weighted by Crippen LogP contribution is -2.15. The molecule has 0 spiro atoms. The van der Waals surface area contributed by atoms with Crippen molar-refractivity contribution >= 4 is 28.3 Å². The highest BCUT2D eigenvalue weighted by Gasteiger charge is 2.36. The van der Waals surface area contributed by atoms with E-state index in [1.807, 2.05) is 0 Å². The zero-order chi connectivity index (χ0) is 21.3. The fourth-order valence-electron chi connectivity index (χ4n) is 3.19. The third kappa shape index (κ3) is 4.02. The Morgan fingerprint density at radius 3 is 2.47 bits per heavy atom. The number of halogens is 4. The van der Waals surface area contributed by atoms with Crippen LogP contribution in [-0.4, -0.2) is 30.7 Å². The molecule has 0 aliphatic heterocycles. The Morgan fingerprint density at radius 2 is 1.77 bits per heavy atom. The Hall–Kier alpha value is -3.33. The maximum Gasteiger partial charge on any atom is 0.417 e. The van der Waals surface area contributed by atoms with Crippen LogP contribution in [0.4, 0.5) is 13.2 Å². The van der Waals surface area contributed by atoms with Crippen molar-refractivity contribution in [2.75, 3.05) is 0 Å². The molecule has 0 aliphatic carbocycles. The van der Waals surface area contributed by atoms with E-state index in [1.165, 1.54) is 47.7 Å². The first kappa shape index (κ1) is 20.0. The number of nitrogens with zero attached hydrogens (tertiary/aromatic N) is 5. The summed E-state index contributed by atoms with van der Waals surface area (Å²) in [7, 11) is 0. The van der Waals surface area contributed by atoms with Gasteiger partial charge in [0.25, 0.3) is 0 Å². The van der Waals surface area contributed by atoms with Crippen LogP contribution >= 0.6 is 11.6 Å². The summed E-state index contributed by atoms with van der Waals surface area (Å²) in [6.07, 6.45) is 0.320. The van der Waals surface area contributed by atoms with Crippen LogP contribution in [0.5, 0.6) is 0 Å². The summed E-state index contributed by atoms with van der Waals surface area (Å²) in [6, 6.07) is 7.49. The Labute approximate surface area is 173 Å². The van der Waals surface area contributed by atoms with Crippen LogP contribution in [-0.2, 0) is 23.8 Å². The predicted molar refractivity (Wildman–Crippen MR) is 103 cm³/mol.